The molecule has 0 amide bonds. The molecule has 4 heteroatoms. The van der Waals surface area contributed by atoms with E-state index in [0.29, 0.717) is 5.56 Å². The Labute approximate surface area is 93.6 Å². The average molecular weight is 227 g/mol. The molecule has 0 saturated carbocycles. The van der Waals surface area contributed by atoms with Gasteiger partial charge in [-0.2, -0.15) is 0 Å². The summed E-state index contributed by atoms with van der Waals surface area (Å²) < 4.78 is 32.2. The number of halogens is 2. The molecular formula is C12H15F2NO. The third-order valence-corrected chi connectivity index (χ3v) is 2.99. The van der Waals surface area contributed by atoms with Crippen molar-refractivity contribution in [2.24, 2.45) is 0 Å². The minimum Gasteiger partial charge on any atom is -0.380 e. The molecule has 16 heavy (non-hydrogen) atoms. The van der Waals surface area contributed by atoms with Crippen LogP contribution < -0.4 is 5.32 Å². The van der Waals surface area contributed by atoms with Gasteiger partial charge in [0.15, 0.2) is 11.6 Å². The molecule has 2 nitrogen and oxygen atoms in total. The van der Waals surface area contributed by atoms with Crippen LogP contribution in [-0.2, 0) is 11.3 Å². The molecule has 0 aromatic heterocycles. The van der Waals surface area contributed by atoms with Gasteiger partial charge in [-0.25, -0.2) is 8.78 Å². The van der Waals surface area contributed by atoms with Crippen LogP contribution in [0.5, 0.6) is 0 Å². The number of hydrogen-bond donors (Lipinski definition) is 1. The van der Waals surface area contributed by atoms with E-state index in [2.05, 4.69) is 5.32 Å². The van der Waals surface area contributed by atoms with Crippen molar-refractivity contribution in [3.63, 3.8) is 0 Å². The molecule has 2 rings (SSSR count). The molecule has 0 aliphatic carbocycles. The normalized spacial score (nSPS) is 20.3. The van der Waals surface area contributed by atoms with Crippen LogP contribution >= 0.6 is 0 Å². The summed E-state index contributed by atoms with van der Waals surface area (Å²) in [5.41, 5.74) is 0.747. The van der Waals surface area contributed by atoms with Crippen LogP contribution in [0.2, 0.25) is 0 Å². The highest BCUT2D eigenvalue weighted by Crippen LogP contribution is 2.27. The second-order valence-electron chi connectivity index (χ2n) is 4.06. The molecule has 1 fully saturated rings. The van der Waals surface area contributed by atoms with Crippen molar-refractivity contribution in [3.8, 4) is 0 Å². The molecule has 1 N–H and O–H groups in total. The quantitative estimate of drug-likeness (QED) is 0.854. The summed E-state index contributed by atoms with van der Waals surface area (Å²) in [4.78, 5) is 0. The molecule has 1 heterocycles. The van der Waals surface area contributed by atoms with E-state index in [1.807, 2.05) is 0 Å². The van der Waals surface area contributed by atoms with Crippen molar-refractivity contribution in [1.82, 2.24) is 5.32 Å². The van der Waals surface area contributed by atoms with E-state index >= 15 is 0 Å². The fourth-order valence-corrected chi connectivity index (χ4v) is 2.11. The molecule has 1 saturated heterocycles. The summed E-state index contributed by atoms with van der Waals surface area (Å²) in [5, 5.41) is 3.14. The SMILES string of the molecule is COCc1ccc(C2CCNC2)c(F)c1F. The van der Waals surface area contributed by atoms with Gasteiger partial charge in [-0.1, -0.05) is 12.1 Å². The first-order valence-corrected chi connectivity index (χ1v) is 5.40. The van der Waals surface area contributed by atoms with E-state index in [0.717, 1.165) is 19.5 Å². The second kappa shape index (κ2) is 4.89. The number of nitrogens with one attached hydrogen (secondary N) is 1. The van der Waals surface area contributed by atoms with Gasteiger partial charge in [0.2, 0.25) is 0 Å². The first-order chi connectivity index (χ1) is 7.74. The van der Waals surface area contributed by atoms with E-state index < -0.39 is 11.6 Å². The average Bonchev–Trinajstić information content (AvgIpc) is 2.79. The molecule has 1 atom stereocenters. The van der Waals surface area contributed by atoms with Gasteiger partial charge in [-0.05, 0) is 18.5 Å². The van der Waals surface area contributed by atoms with Gasteiger partial charge in [-0.3, -0.25) is 0 Å². The van der Waals surface area contributed by atoms with E-state index in [9.17, 15) is 8.78 Å². The molecule has 1 aromatic rings. The molecule has 0 radical (unpaired) electrons. The van der Waals surface area contributed by atoms with Gasteiger partial charge in [0.05, 0.1) is 6.61 Å². The van der Waals surface area contributed by atoms with Crippen molar-refractivity contribution >= 4 is 0 Å². The highest BCUT2D eigenvalue weighted by atomic mass is 19.2. The second-order valence-corrected chi connectivity index (χ2v) is 4.06. The van der Waals surface area contributed by atoms with Crippen molar-refractivity contribution in [2.75, 3.05) is 20.2 Å². The van der Waals surface area contributed by atoms with Crippen LogP contribution in [0.1, 0.15) is 23.5 Å². The van der Waals surface area contributed by atoms with Crippen molar-refractivity contribution in [2.45, 2.75) is 18.9 Å². The molecule has 0 spiro atoms. The Morgan fingerprint density at radius 2 is 2.19 bits per heavy atom. The highest BCUT2D eigenvalue weighted by molar-refractivity contribution is 5.29. The Bertz CT molecular complexity index is 376. The maximum absolute atomic E-state index is 13.8. The number of methoxy groups -OCH3 is 1. The van der Waals surface area contributed by atoms with E-state index in [1.54, 1.807) is 12.1 Å². The lowest BCUT2D eigenvalue weighted by Gasteiger charge is -2.12. The van der Waals surface area contributed by atoms with E-state index in [4.69, 9.17) is 4.74 Å². The number of benzene rings is 1. The lowest BCUT2D eigenvalue weighted by atomic mass is 9.96. The zero-order valence-corrected chi connectivity index (χ0v) is 9.22. The third-order valence-electron chi connectivity index (χ3n) is 2.99. The predicted molar refractivity (Wildman–Crippen MR) is 57.3 cm³/mol. The van der Waals surface area contributed by atoms with Crippen molar-refractivity contribution in [1.29, 1.82) is 0 Å². The Morgan fingerprint density at radius 3 is 2.81 bits per heavy atom. The van der Waals surface area contributed by atoms with Gasteiger partial charge in [0.1, 0.15) is 0 Å². The standard InChI is InChI=1S/C12H15F2NO/c1-16-7-9-2-3-10(12(14)11(9)13)8-4-5-15-6-8/h2-3,8,15H,4-7H2,1H3. The van der Waals surface area contributed by atoms with Crippen LogP contribution in [-0.4, -0.2) is 20.2 Å². The Kier molecular flexibility index (Phi) is 3.51. The Hall–Kier alpha value is -1.00. The summed E-state index contributed by atoms with van der Waals surface area (Å²) in [6, 6.07) is 3.28. The molecule has 88 valence electrons. The zero-order chi connectivity index (χ0) is 11.5. The fourth-order valence-electron chi connectivity index (χ4n) is 2.11. The van der Waals surface area contributed by atoms with Gasteiger partial charge in [0, 0.05) is 25.1 Å². The van der Waals surface area contributed by atoms with Crippen LogP contribution in [0.25, 0.3) is 0 Å². The molecule has 1 aliphatic heterocycles. The van der Waals surface area contributed by atoms with Crippen LogP contribution in [0.15, 0.2) is 12.1 Å². The van der Waals surface area contributed by atoms with E-state index in [1.165, 1.54) is 7.11 Å². The molecule has 0 bridgehead atoms. The van der Waals surface area contributed by atoms with Crippen LogP contribution in [0.4, 0.5) is 8.78 Å². The summed E-state index contributed by atoms with van der Waals surface area (Å²) >= 11 is 0. The maximum atomic E-state index is 13.8. The zero-order valence-electron chi connectivity index (χ0n) is 9.22. The first kappa shape index (κ1) is 11.5. The van der Waals surface area contributed by atoms with Gasteiger partial charge in [-0.15, -0.1) is 0 Å². The van der Waals surface area contributed by atoms with Gasteiger partial charge < -0.3 is 10.1 Å². The number of ether oxygens (including phenoxy) is 1. The first-order valence-electron chi connectivity index (χ1n) is 5.40. The van der Waals surface area contributed by atoms with Crippen LogP contribution in [0, 0.1) is 11.6 Å². The molecule has 1 aliphatic rings. The van der Waals surface area contributed by atoms with Gasteiger partial charge >= 0.3 is 0 Å². The number of hydrogen-bond acceptors (Lipinski definition) is 2. The topological polar surface area (TPSA) is 21.3 Å². The molecule has 1 aromatic carbocycles. The van der Waals surface area contributed by atoms with Gasteiger partial charge in [0.25, 0.3) is 0 Å². The lowest BCUT2D eigenvalue weighted by Crippen LogP contribution is -2.10. The maximum Gasteiger partial charge on any atom is 0.164 e. The predicted octanol–water partition coefficient (Wildman–Crippen LogP) is 2.19. The highest BCUT2D eigenvalue weighted by Gasteiger charge is 2.23. The summed E-state index contributed by atoms with van der Waals surface area (Å²) in [6.07, 6.45) is 0.861. The third kappa shape index (κ3) is 2.08. The summed E-state index contributed by atoms with van der Waals surface area (Å²) in [7, 11) is 1.46. The lowest BCUT2D eigenvalue weighted by molar-refractivity contribution is 0.180. The smallest absolute Gasteiger partial charge is 0.164 e. The minimum absolute atomic E-state index is 0.0890. The Balaban J connectivity index is 2.30. The fraction of sp³-hybridized carbons (Fsp3) is 0.500. The Morgan fingerprint density at radius 1 is 1.38 bits per heavy atom. The van der Waals surface area contributed by atoms with Crippen molar-refractivity contribution in [3.05, 3.63) is 34.9 Å². The monoisotopic (exact) mass is 227 g/mol. The largest absolute Gasteiger partial charge is 0.380 e. The summed E-state index contributed by atoms with van der Waals surface area (Å²) in [6.45, 7) is 1.69. The van der Waals surface area contributed by atoms with Crippen molar-refractivity contribution < 1.29 is 13.5 Å². The van der Waals surface area contributed by atoms with E-state index in [-0.39, 0.29) is 18.1 Å². The summed E-state index contributed by atoms with van der Waals surface area (Å²) in [5.74, 6) is -1.40. The molecule has 1 unspecified atom stereocenters. The molecular weight excluding hydrogens is 212 g/mol. The number of rotatable bonds is 3. The minimum atomic E-state index is -0.772. The van der Waals surface area contributed by atoms with Crippen LogP contribution in [0.3, 0.4) is 0 Å².